The fraction of sp³-hybridized carbons (Fsp3) is 0.286. The number of nitrogens with one attached hydrogen (secondary N) is 1. The lowest BCUT2D eigenvalue weighted by Gasteiger charge is -2.28. The average Bonchev–Trinajstić information content (AvgIpc) is 3.13. The Morgan fingerprint density at radius 2 is 2.09 bits per heavy atom. The Bertz CT molecular complexity index is 807. The van der Waals surface area contributed by atoms with Gasteiger partial charge in [0.05, 0.1) is 0 Å². The molecular weight excluding hydrogens is 348 g/mol. The lowest BCUT2D eigenvalue weighted by Crippen LogP contribution is -2.34. The largest absolute Gasteiger partial charge is 0.339 e. The van der Waals surface area contributed by atoms with Crippen LogP contribution >= 0.6 is 15.9 Å². The minimum Gasteiger partial charge on any atom is -0.339 e. The molecule has 0 radical (unpaired) electrons. The average molecular weight is 361 g/mol. The van der Waals surface area contributed by atoms with E-state index in [2.05, 4.69) is 41.3 Å². The molecule has 0 amide bonds. The van der Waals surface area contributed by atoms with E-state index in [9.17, 15) is 0 Å². The molecule has 3 N–H and O–H groups in total. The Kier molecular flexibility index (Phi) is 3.27. The predicted molar refractivity (Wildman–Crippen MR) is 82.8 cm³/mol. The van der Waals surface area contributed by atoms with Crippen molar-refractivity contribution in [2.45, 2.75) is 24.8 Å². The van der Waals surface area contributed by atoms with Crippen LogP contribution in [-0.4, -0.2) is 31.4 Å². The van der Waals surface area contributed by atoms with E-state index in [1.54, 1.807) is 0 Å². The van der Waals surface area contributed by atoms with Crippen molar-refractivity contribution in [3.05, 3.63) is 34.6 Å². The maximum Gasteiger partial charge on any atom is 0.239 e. The number of nitrogens with two attached hydrogens (primary N) is 1. The minimum atomic E-state index is 0.244. The van der Waals surface area contributed by atoms with E-state index in [1.165, 1.54) is 0 Å². The molecule has 1 aromatic carbocycles. The molecule has 0 saturated heterocycles. The molecule has 8 heteroatoms. The SMILES string of the molecule is NC1CC(c2nc(-c3nc(-c4cccc(Br)c4)n[nH]3)no2)C1. The fourth-order valence-electron chi connectivity index (χ4n) is 2.48. The van der Waals surface area contributed by atoms with E-state index in [-0.39, 0.29) is 12.0 Å². The first-order valence-electron chi connectivity index (χ1n) is 6.97. The number of rotatable bonds is 3. The Morgan fingerprint density at radius 1 is 1.23 bits per heavy atom. The summed E-state index contributed by atoms with van der Waals surface area (Å²) in [7, 11) is 0. The van der Waals surface area contributed by atoms with Crippen LogP contribution < -0.4 is 5.73 Å². The molecule has 22 heavy (non-hydrogen) atoms. The van der Waals surface area contributed by atoms with Crippen molar-refractivity contribution in [3.63, 3.8) is 0 Å². The second-order valence-electron chi connectivity index (χ2n) is 5.40. The molecule has 0 unspecified atom stereocenters. The third kappa shape index (κ3) is 2.44. The van der Waals surface area contributed by atoms with Gasteiger partial charge >= 0.3 is 0 Å². The van der Waals surface area contributed by atoms with Crippen LogP contribution in [0.4, 0.5) is 0 Å². The van der Waals surface area contributed by atoms with Crippen LogP contribution in [0.3, 0.4) is 0 Å². The summed E-state index contributed by atoms with van der Waals surface area (Å²) < 4.78 is 6.27. The van der Waals surface area contributed by atoms with Crippen LogP contribution in [0.5, 0.6) is 0 Å². The first-order chi connectivity index (χ1) is 10.7. The van der Waals surface area contributed by atoms with Crippen molar-refractivity contribution >= 4 is 15.9 Å². The van der Waals surface area contributed by atoms with E-state index in [1.807, 2.05) is 24.3 Å². The second-order valence-corrected chi connectivity index (χ2v) is 6.32. The van der Waals surface area contributed by atoms with E-state index in [0.29, 0.717) is 23.4 Å². The lowest BCUT2D eigenvalue weighted by atomic mass is 9.81. The summed E-state index contributed by atoms with van der Waals surface area (Å²) in [6.07, 6.45) is 1.78. The van der Waals surface area contributed by atoms with Gasteiger partial charge in [0.1, 0.15) is 0 Å². The van der Waals surface area contributed by atoms with Crippen molar-refractivity contribution in [1.29, 1.82) is 0 Å². The van der Waals surface area contributed by atoms with Gasteiger partial charge in [0.25, 0.3) is 0 Å². The molecule has 1 aliphatic rings. The van der Waals surface area contributed by atoms with Gasteiger partial charge in [0.15, 0.2) is 11.6 Å². The van der Waals surface area contributed by atoms with Crippen molar-refractivity contribution in [1.82, 2.24) is 25.3 Å². The van der Waals surface area contributed by atoms with Crippen LogP contribution in [-0.2, 0) is 0 Å². The zero-order valence-corrected chi connectivity index (χ0v) is 13.1. The van der Waals surface area contributed by atoms with E-state index in [4.69, 9.17) is 10.3 Å². The van der Waals surface area contributed by atoms with Crippen LogP contribution in [0.15, 0.2) is 33.3 Å². The first kappa shape index (κ1) is 13.6. The lowest BCUT2D eigenvalue weighted by molar-refractivity contribution is 0.265. The number of benzene rings is 1. The number of nitrogens with zero attached hydrogens (tertiary/aromatic N) is 4. The van der Waals surface area contributed by atoms with Crippen LogP contribution in [0.2, 0.25) is 0 Å². The maximum absolute atomic E-state index is 5.78. The van der Waals surface area contributed by atoms with Crippen molar-refractivity contribution in [2.24, 2.45) is 5.73 Å². The molecule has 0 atom stereocenters. The maximum atomic E-state index is 5.78. The van der Waals surface area contributed by atoms with Gasteiger partial charge in [0, 0.05) is 22.0 Å². The number of hydrogen-bond acceptors (Lipinski definition) is 6. The molecule has 2 heterocycles. The summed E-state index contributed by atoms with van der Waals surface area (Å²) in [4.78, 5) is 8.81. The van der Waals surface area contributed by atoms with E-state index >= 15 is 0 Å². The van der Waals surface area contributed by atoms with Crippen LogP contribution in [0, 0.1) is 0 Å². The van der Waals surface area contributed by atoms with Crippen LogP contribution in [0.1, 0.15) is 24.7 Å². The summed E-state index contributed by atoms with van der Waals surface area (Å²) in [5.74, 6) is 2.40. The fourth-order valence-corrected chi connectivity index (χ4v) is 2.88. The molecule has 112 valence electrons. The highest BCUT2D eigenvalue weighted by atomic mass is 79.9. The smallest absolute Gasteiger partial charge is 0.239 e. The molecule has 2 aromatic heterocycles. The molecule has 0 spiro atoms. The van der Waals surface area contributed by atoms with Crippen LogP contribution in [0.25, 0.3) is 23.0 Å². The zero-order valence-electron chi connectivity index (χ0n) is 11.5. The van der Waals surface area contributed by atoms with Crippen molar-refractivity contribution in [2.75, 3.05) is 0 Å². The summed E-state index contributed by atoms with van der Waals surface area (Å²) in [6, 6.07) is 8.02. The predicted octanol–water partition coefficient (Wildman–Crippen LogP) is 2.49. The highest BCUT2D eigenvalue weighted by Gasteiger charge is 2.32. The minimum absolute atomic E-state index is 0.244. The van der Waals surface area contributed by atoms with Gasteiger partial charge in [-0.2, -0.15) is 10.1 Å². The summed E-state index contributed by atoms with van der Waals surface area (Å²) >= 11 is 3.43. The number of hydrogen-bond donors (Lipinski definition) is 2. The number of aromatic nitrogens is 5. The normalized spacial score (nSPS) is 20.8. The van der Waals surface area contributed by atoms with Gasteiger partial charge < -0.3 is 10.3 Å². The van der Waals surface area contributed by atoms with Crippen molar-refractivity contribution in [3.8, 4) is 23.0 Å². The highest BCUT2D eigenvalue weighted by Crippen LogP contribution is 2.35. The molecule has 1 saturated carbocycles. The molecule has 1 aliphatic carbocycles. The molecular formula is C14H13BrN6O. The molecule has 3 aromatic rings. The Labute approximate surface area is 134 Å². The number of aromatic amines is 1. The molecule has 4 rings (SSSR count). The van der Waals surface area contributed by atoms with Crippen molar-refractivity contribution < 1.29 is 4.52 Å². The van der Waals surface area contributed by atoms with E-state index < -0.39 is 0 Å². The Morgan fingerprint density at radius 3 is 2.86 bits per heavy atom. The van der Waals surface area contributed by atoms with Gasteiger partial charge in [-0.25, -0.2) is 4.98 Å². The Hall–Kier alpha value is -2.06. The standard InChI is InChI=1S/C14H13BrN6O/c15-9-3-1-2-7(4-9)11-17-12(20-19-11)13-18-14(22-21-13)8-5-10(16)6-8/h1-4,8,10H,5-6,16H2,(H,17,19,20). The van der Waals surface area contributed by atoms with Gasteiger partial charge in [-0.15, -0.1) is 0 Å². The zero-order chi connectivity index (χ0) is 15.1. The van der Waals surface area contributed by atoms with E-state index in [0.717, 1.165) is 22.9 Å². The number of H-pyrrole nitrogens is 1. The number of halogens is 1. The summed E-state index contributed by atoms with van der Waals surface area (Å²) in [6.45, 7) is 0. The van der Waals surface area contributed by atoms with Gasteiger partial charge in [-0.3, -0.25) is 5.10 Å². The second kappa shape index (κ2) is 5.29. The van der Waals surface area contributed by atoms with Gasteiger partial charge in [0.2, 0.25) is 11.7 Å². The molecule has 7 nitrogen and oxygen atoms in total. The quantitative estimate of drug-likeness (QED) is 0.742. The van der Waals surface area contributed by atoms with Gasteiger partial charge in [-0.1, -0.05) is 33.2 Å². The summed E-state index contributed by atoms with van der Waals surface area (Å²) in [5, 5.41) is 11.0. The van der Waals surface area contributed by atoms with Gasteiger partial charge in [-0.05, 0) is 25.0 Å². The third-order valence-corrected chi connectivity index (χ3v) is 4.24. The molecule has 1 fully saturated rings. The molecule has 0 bridgehead atoms. The third-order valence-electron chi connectivity index (χ3n) is 3.75. The topological polar surface area (TPSA) is 107 Å². The monoisotopic (exact) mass is 360 g/mol. The summed E-state index contributed by atoms with van der Waals surface area (Å²) in [5.41, 5.74) is 6.69. The Balaban J connectivity index is 1.59. The first-order valence-corrected chi connectivity index (χ1v) is 7.76. The highest BCUT2D eigenvalue weighted by molar-refractivity contribution is 9.10. The molecule has 0 aliphatic heterocycles.